The number of amides is 2. The van der Waals surface area contributed by atoms with E-state index in [1.807, 2.05) is 0 Å². The van der Waals surface area contributed by atoms with Gasteiger partial charge in [0, 0.05) is 12.1 Å². The second-order valence-electron chi connectivity index (χ2n) is 9.28. The van der Waals surface area contributed by atoms with Gasteiger partial charge < -0.3 is 28.4 Å². The molecule has 0 heterocycles. The standard InChI is InChI=1S/C31H32Cl2F2N2O11/c1-7-15(8-2)25(27(38)43-5)47-29(40)36-21-13-23(17(32)11-19(21)34)45-31(42)46-24-14-22(20(35)12-18(24)33)37-30(41)48-26(28(39)44-6)16(9-3)10-4/h7,9,11-14,25-26H,8,10H2,1-6H3,(H,36,40)(H,37,41). The molecule has 2 rings (SSSR count). The molecular formula is C31H32Cl2F2N2O11. The molecule has 0 saturated heterocycles. The van der Waals surface area contributed by atoms with E-state index in [2.05, 4.69) is 20.1 Å². The molecule has 2 atom stereocenters. The number of ether oxygens (including phenoxy) is 6. The second kappa shape index (κ2) is 18.4. The summed E-state index contributed by atoms with van der Waals surface area (Å²) in [7, 11) is 2.20. The van der Waals surface area contributed by atoms with Gasteiger partial charge >= 0.3 is 30.3 Å². The Morgan fingerprint density at radius 1 is 0.708 bits per heavy atom. The molecule has 0 saturated carbocycles. The topological polar surface area (TPSA) is 165 Å². The number of hydrogen-bond acceptors (Lipinski definition) is 11. The van der Waals surface area contributed by atoms with Crippen molar-refractivity contribution in [3.05, 3.63) is 69.2 Å². The van der Waals surface area contributed by atoms with Crippen LogP contribution in [0.25, 0.3) is 0 Å². The van der Waals surface area contributed by atoms with Gasteiger partial charge in [-0.25, -0.2) is 32.8 Å². The molecule has 0 radical (unpaired) electrons. The summed E-state index contributed by atoms with van der Waals surface area (Å²) in [6.07, 6.45) is -3.04. The Morgan fingerprint density at radius 3 is 1.35 bits per heavy atom. The molecule has 260 valence electrons. The maximum absolute atomic E-state index is 14.6. The summed E-state index contributed by atoms with van der Waals surface area (Å²) in [5.41, 5.74) is -0.290. The molecule has 2 aromatic rings. The predicted molar refractivity (Wildman–Crippen MR) is 169 cm³/mol. The zero-order valence-corrected chi connectivity index (χ0v) is 28.0. The SMILES string of the molecule is CC=C(CC)C(OC(=O)Nc1cc(OC(=O)Oc2cc(NC(=O)OC(C(=O)OC)C(=CC)CC)c(F)cc2Cl)c(Cl)cc1F)C(=O)OC. The molecule has 0 aliphatic heterocycles. The van der Waals surface area contributed by atoms with Crippen molar-refractivity contribution in [1.82, 2.24) is 0 Å². The van der Waals surface area contributed by atoms with Crippen LogP contribution >= 0.6 is 23.2 Å². The molecule has 0 spiro atoms. The smallest absolute Gasteiger partial charge is 0.466 e. The van der Waals surface area contributed by atoms with Gasteiger partial charge in [0.15, 0.2) is 11.5 Å². The zero-order valence-electron chi connectivity index (χ0n) is 26.5. The monoisotopic (exact) mass is 716 g/mol. The van der Waals surface area contributed by atoms with Crippen LogP contribution in [0.4, 0.5) is 34.5 Å². The summed E-state index contributed by atoms with van der Waals surface area (Å²) in [6.45, 7) is 6.68. The van der Waals surface area contributed by atoms with Crippen molar-refractivity contribution in [3.8, 4) is 11.5 Å². The van der Waals surface area contributed by atoms with E-state index in [9.17, 15) is 32.8 Å². The maximum atomic E-state index is 14.6. The van der Waals surface area contributed by atoms with Crippen molar-refractivity contribution in [1.29, 1.82) is 0 Å². The Morgan fingerprint density at radius 2 is 1.06 bits per heavy atom. The molecule has 0 bridgehead atoms. The number of anilines is 2. The van der Waals surface area contributed by atoms with Gasteiger partial charge in [-0.15, -0.1) is 0 Å². The first-order valence-corrected chi connectivity index (χ1v) is 14.8. The quantitative estimate of drug-likeness (QED) is 0.0955. The van der Waals surface area contributed by atoms with Gasteiger partial charge in [0.25, 0.3) is 0 Å². The highest BCUT2D eigenvalue weighted by Crippen LogP contribution is 2.34. The average molecular weight is 718 g/mol. The molecule has 2 N–H and O–H groups in total. The van der Waals surface area contributed by atoms with E-state index in [1.165, 1.54) is 0 Å². The summed E-state index contributed by atoms with van der Waals surface area (Å²) >= 11 is 12.0. The third-order valence-corrected chi connectivity index (χ3v) is 7.01. The normalized spacial score (nSPS) is 12.6. The van der Waals surface area contributed by atoms with Gasteiger partial charge in [-0.3, -0.25) is 10.6 Å². The van der Waals surface area contributed by atoms with Crippen molar-refractivity contribution in [2.24, 2.45) is 0 Å². The molecular weight excluding hydrogens is 685 g/mol. The number of nitrogens with one attached hydrogen (secondary N) is 2. The number of methoxy groups -OCH3 is 2. The summed E-state index contributed by atoms with van der Waals surface area (Å²) in [4.78, 5) is 61.9. The Bertz CT molecular complexity index is 1500. The van der Waals surface area contributed by atoms with E-state index in [-0.39, 0.29) is 0 Å². The minimum Gasteiger partial charge on any atom is -0.466 e. The van der Waals surface area contributed by atoms with Crippen LogP contribution in [0.5, 0.6) is 11.5 Å². The van der Waals surface area contributed by atoms with Crippen LogP contribution in [0.15, 0.2) is 47.6 Å². The zero-order chi connectivity index (χ0) is 36.1. The fraction of sp³-hybridized carbons (Fsp3) is 0.323. The minimum absolute atomic E-state index is 0.338. The Balaban J connectivity index is 2.23. The fourth-order valence-corrected chi connectivity index (χ4v) is 4.32. The lowest BCUT2D eigenvalue weighted by Crippen LogP contribution is -2.32. The van der Waals surface area contributed by atoms with Crippen LogP contribution < -0.4 is 20.1 Å². The lowest BCUT2D eigenvalue weighted by molar-refractivity contribution is -0.149. The van der Waals surface area contributed by atoms with Crippen molar-refractivity contribution >= 4 is 64.9 Å². The first-order valence-electron chi connectivity index (χ1n) is 14.0. The number of esters is 2. The number of rotatable bonds is 12. The van der Waals surface area contributed by atoms with E-state index in [4.69, 9.17) is 42.1 Å². The van der Waals surface area contributed by atoms with E-state index in [0.717, 1.165) is 26.4 Å². The molecule has 0 aliphatic rings. The number of allylic oxidation sites excluding steroid dienone is 2. The molecule has 2 aromatic carbocycles. The molecule has 2 amide bonds. The lowest BCUT2D eigenvalue weighted by atomic mass is 10.1. The molecule has 0 aliphatic carbocycles. The van der Waals surface area contributed by atoms with Crippen LogP contribution in [0.1, 0.15) is 40.5 Å². The van der Waals surface area contributed by atoms with Crippen molar-refractivity contribution in [2.45, 2.75) is 52.7 Å². The minimum atomic E-state index is -1.50. The number of hydrogen-bond donors (Lipinski definition) is 2. The largest absolute Gasteiger partial charge is 0.519 e. The molecule has 17 heteroatoms. The van der Waals surface area contributed by atoms with E-state index < -0.39 is 87.0 Å². The number of benzene rings is 2. The van der Waals surface area contributed by atoms with E-state index in [0.29, 0.717) is 36.1 Å². The Kier molecular flexibility index (Phi) is 15.1. The van der Waals surface area contributed by atoms with Crippen molar-refractivity contribution < 1.29 is 61.2 Å². The highest BCUT2D eigenvalue weighted by molar-refractivity contribution is 6.32. The van der Waals surface area contributed by atoms with E-state index >= 15 is 0 Å². The van der Waals surface area contributed by atoms with Crippen LogP contribution in [0, 0.1) is 11.6 Å². The van der Waals surface area contributed by atoms with Crippen molar-refractivity contribution in [3.63, 3.8) is 0 Å². The summed E-state index contributed by atoms with van der Waals surface area (Å²) in [5, 5.41) is 3.31. The van der Waals surface area contributed by atoms with Crippen LogP contribution in [-0.4, -0.2) is 56.7 Å². The summed E-state index contributed by atoms with van der Waals surface area (Å²) < 4.78 is 58.9. The number of carbonyl (C=O) groups excluding carboxylic acids is 5. The predicted octanol–water partition coefficient (Wildman–Crippen LogP) is 7.74. The molecule has 48 heavy (non-hydrogen) atoms. The summed E-state index contributed by atoms with van der Waals surface area (Å²) in [6, 6.07) is 3.07. The van der Waals surface area contributed by atoms with Gasteiger partial charge in [0.1, 0.15) is 11.6 Å². The lowest BCUT2D eigenvalue weighted by Gasteiger charge is -2.19. The third-order valence-electron chi connectivity index (χ3n) is 6.42. The first-order chi connectivity index (χ1) is 22.7. The third kappa shape index (κ3) is 10.6. The van der Waals surface area contributed by atoms with Gasteiger partial charge in [0.05, 0.1) is 35.6 Å². The fourth-order valence-electron chi connectivity index (χ4n) is 3.95. The van der Waals surface area contributed by atoms with Gasteiger partial charge in [-0.2, -0.15) is 0 Å². The highest BCUT2D eigenvalue weighted by atomic mass is 35.5. The highest BCUT2D eigenvalue weighted by Gasteiger charge is 2.29. The van der Waals surface area contributed by atoms with Gasteiger partial charge in [-0.1, -0.05) is 49.2 Å². The Hall–Kier alpha value is -4.89. The van der Waals surface area contributed by atoms with E-state index in [1.54, 1.807) is 39.8 Å². The van der Waals surface area contributed by atoms with Gasteiger partial charge in [-0.05, 0) is 50.0 Å². The molecule has 13 nitrogen and oxygen atoms in total. The average Bonchev–Trinajstić information content (AvgIpc) is 3.04. The van der Waals surface area contributed by atoms with Crippen LogP contribution in [-0.2, 0) is 28.5 Å². The molecule has 0 fully saturated rings. The van der Waals surface area contributed by atoms with Gasteiger partial charge in [0.2, 0.25) is 12.2 Å². The maximum Gasteiger partial charge on any atom is 0.519 e. The van der Waals surface area contributed by atoms with Crippen molar-refractivity contribution in [2.75, 3.05) is 24.9 Å². The second-order valence-corrected chi connectivity index (χ2v) is 10.1. The molecule has 2 unspecified atom stereocenters. The number of halogens is 4. The van der Waals surface area contributed by atoms with Crippen LogP contribution in [0.2, 0.25) is 10.0 Å². The molecule has 0 aromatic heterocycles. The first kappa shape index (κ1) is 39.3. The number of carbonyl (C=O) groups is 5. The van der Waals surface area contributed by atoms with Crippen LogP contribution in [0.3, 0.4) is 0 Å². The summed E-state index contributed by atoms with van der Waals surface area (Å²) in [5.74, 6) is -4.88. The Labute approximate surface area is 284 Å².